The van der Waals surface area contributed by atoms with Crippen molar-refractivity contribution in [3.8, 4) is 0 Å². The van der Waals surface area contributed by atoms with E-state index in [1.165, 1.54) is 19.1 Å². The van der Waals surface area contributed by atoms with Crippen molar-refractivity contribution in [3.63, 3.8) is 0 Å². The van der Waals surface area contributed by atoms with E-state index in [0.717, 1.165) is 23.1 Å². The van der Waals surface area contributed by atoms with Crippen molar-refractivity contribution >= 4 is 67.8 Å². The van der Waals surface area contributed by atoms with Gasteiger partial charge in [-0.2, -0.15) is 0 Å². The third-order valence-electron chi connectivity index (χ3n) is 4.69. The molecule has 0 radical (unpaired) electrons. The molecule has 0 saturated heterocycles. The third-order valence-corrected chi connectivity index (χ3v) is 6.83. The molecule has 1 aromatic carbocycles. The van der Waals surface area contributed by atoms with Gasteiger partial charge in [0.15, 0.2) is 11.4 Å². The highest BCUT2D eigenvalue weighted by Gasteiger charge is 2.25. The van der Waals surface area contributed by atoms with Crippen LogP contribution in [0.5, 0.6) is 0 Å². The average molecular weight is 488 g/mol. The molecular weight excluding hydrogens is 469 g/mol. The van der Waals surface area contributed by atoms with Crippen molar-refractivity contribution in [3.05, 3.63) is 40.0 Å². The number of hydrogen-bond acceptors (Lipinski definition) is 9. The molecule has 12 heteroatoms. The minimum atomic E-state index is -0.602. The number of aromatic nitrogens is 4. The van der Waals surface area contributed by atoms with Crippen LogP contribution in [-0.4, -0.2) is 50.2 Å². The number of thioether (sulfide) groups is 1. The molecule has 0 aliphatic heterocycles. The zero-order valence-corrected chi connectivity index (χ0v) is 19.4. The maximum absolute atomic E-state index is 13.5. The number of amides is 1. The minimum absolute atomic E-state index is 0.0589. The van der Waals surface area contributed by atoms with E-state index in [1.54, 1.807) is 19.9 Å². The van der Waals surface area contributed by atoms with Crippen molar-refractivity contribution in [1.82, 2.24) is 20.2 Å². The van der Waals surface area contributed by atoms with Crippen LogP contribution in [0.15, 0.2) is 23.4 Å². The van der Waals surface area contributed by atoms with Crippen LogP contribution in [0.3, 0.4) is 0 Å². The summed E-state index contributed by atoms with van der Waals surface area (Å²) in [6.07, 6.45) is 0. The van der Waals surface area contributed by atoms with E-state index >= 15 is 0 Å². The fraction of sp³-hybridized carbons (Fsp3) is 0.238. The van der Waals surface area contributed by atoms with Gasteiger partial charge in [-0.05, 0) is 44.5 Å². The molecule has 0 spiro atoms. The summed E-state index contributed by atoms with van der Waals surface area (Å²) in [5, 5.41) is 11.9. The van der Waals surface area contributed by atoms with Crippen LogP contribution in [0.2, 0.25) is 0 Å². The average Bonchev–Trinajstić information content (AvgIpc) is 3.29. The monoisotopic (exact) mass is 487 g/mol. The Morgan fingerprint density at radius 3 is 2.79 bits per heavy atom. The van der Waals surface area contributed by atoms with Crippen LogP contribution < -0.4 is 5.32 Å². The Kier molecular flexibility index (Phi) is 6.38. The van der Waals surface area contributed by atoms with Crippen LogP contribution in [0.1, 0.15) is 39.4 Å². The Morgan fingerprint density at radius 2 is 2.06 bits per heavy atom. The summed E-state index contributed by atoms with van der Waals surface area (Å²) in [5.41, 5.74) is 2.19. The normalized spacial score (nSPS) is 11.2. The van der Waals surface area contributed by atoms with Gasteiger partial charge in [-0.25, -0.2) is 14.2 Å². The number of nitrogens with one attached hydrogen (secondary N) is 2. The molecule has 0 bridgehead atoms. The van der Waals surface area contributed by atoms with Crippen molar-refractivity contribution in [2.75, 3.05) is 17.7 Å². The Morgan fingerprint density at radius 1 is 1.27 bits per heavy atom. The molecule has 9 nitrogen and oxygen atoms in total. The van der Waals surface area contributed by atoms with Gasteiger partial charge in [-0.15, -0.1) is 21.5 Å². The molecule has 2 N–H and O–H groups in total. The number of fused-ring (bicyclic) bond motifs is 3. The van der Waals surface area contributed by atoms with Crippen molar-refractivity contribution in [2.24, 2.45) is 0 Å². The van der Waals surface area contributed by atoms with E-state index in [4.69, 9.17) is 4.74 Å². The van der Waals surface area contributed by atoms with Gasteiger partial charge in [0.25, 0.3) is 0 Å². The summed E-state index contributed by atoms with van der Waals surface area (Å²) in [4.78, 5) is 44.6. The smallest absolute Gasteiger partial charge is 0.341 e. The lowest BCUT2D eigenvalue weighted by molar-refractivity contribution is -0.113. The van der Waals surface area contributed by atoms with Gasteiger partial charge >= 0.3 is 5.97 Å². The van der Waals surface area contributed by atoms with Crippen molar-refractivity contribution in [2.45, 2.75) is 25.9 Å². The molecule has 0 unspecified atom stereocenters. The van der Waals surface area contributed by atoms with Gasteiger partial charge in [0.2, 0.25) is 11.1 Å². The second kappa shape index (κ2) is 9.24. The summed E-state index contributed by atoms with van der Waals surface area (Å²) in [5.74, 6) is -1.67. The Balaban J connectivity index is 1.51. The molecule has 33 heavy (non-hydrogen) atoms. The SMILES string of the molecule is CCOC(=O)c1c(NC(=O)CSc2nnc3c(n2)[nH]c2ccc(F)cc23)sc(C(C)=O)c1C. The molecule has 170 valence electrons. The highest BCUT2D eigenvalue weighted by molar-refractivity contribution is 7.99. The lowest BCUT2D eigenvalue weighted by Gasteiger charge is -2.06. The Labute approximate surface area is 195 Å². The molecule has 0 fully saturated rings. The topological polar surface area (TPSA) is 127 Å². The van der Waals surface area contributed by atoms with Gasteiger partial charge < -0.3 is 15.0 Å². The van der Waals surface area contributed by atoms with Crippen molar-refractivity contribution in [1.29, 1.82) is 0 Å². The summed E-state index contributed by atoms with van der Waals surface area (Å²) in [7, 11) is 0. The first-order valence-electron chi connectivity index (χ1n) is 9.84. The zero-order valence-electron chi connectivity index (χ0n) is 17.8. The number of ketones is 1. The van der Waals surface area contributed by atoms with Crippen LogP contribution in [0.4, 0.5) is 9.39 Å². The van der Waals surface area contributed by atoms with Crippen molar-refractivity contribution < 1.29 is 23.5 Å². The number of thiophene rings is 1. The molecule has 0 saturated carbocycles. The summed E-state index contributed by atoms with van der Waals surface area (Å²) in [6, 6.07) is 4.28. The lowest BCUT2D eigenvalue weighted by atomic mass is 10.1. The second-order valence-corrected chi connectivity index (χ2v) is 8.94. The summed E-state index contributed by atoms with van der Waals surface area (Å²) in [6.45, 7) is 4.88. The van der Waals surface area contributed by atoms with E-state index in [0.29, 0.717) is 32.5 Å². The predicted octanol–water partition coefficient (Wildman–Crippen LogP) is 4.13. The molecule has 0 aliphatic carbocycles. The van der Waals surface area contributed by atoms with E-state index in [9.17, 15) is 18.8 Å². The minimum Gasteiger partial charge on any atom is -0.462 e. The molecular formula is C21H18FN5O4S2. The van der Waals surface area contributed by atoms with Gasteiger partial charge in [0, 0.05) is 10.9 Å². The Bertz CT molecular complexity index is 1410. The predicted molar refractivity (Wildman–Crippen MR) is 124 cm³/mol. The highest BCUT2D eigenvalue weighted by atomic mass is 32.2. The number of H-pyrrole nitrogens is 1. The van der Waals surface area contributed by atoms with Crippen LogP contribution in [-0.2, 0) is 9.53 Å². The van der Waals surface area contributed by atoms with E-state index in [1.807, 2.05) is 0 Å². The molecule has 3 heterocycles. The van der Waals surface area contributed by atoms with E-state index in [-0.39, 0.29) is 39.7 Å². The number of carbonyl (C=O) groups excluding carboxylic acids is 3. The molecule has 1 amide bonds. The number of benzene rings is 1. The fourth-order valence-electron chi connectivity index (χ4n) is 3.27. The maximum atomic E-state index is 13.5. The number of nitrogens with zero attached hydrogens (tertiary/aromatic N) is 3. The lowest BCUT2D eigenvalue weighted by Crippen LogP contribution is -2.16. The van der Waals surface area contributed by atoms with Crippen LogP contribution >= 0.6 is 23.1 Å². The number of anilines is 1. The van der Waals surface area contributed by atoms with Gasteiger partial charge in [-0.1, -0.05) is 11.8 Å². The second-order valence-electron chi connectivity index (χ2n) is 6.98. The number of hydrogen-bond donors (Lipinski definition) is 2. The first-order chi connectivity index (χ1) is 15.8. The van der Waals surface area contributed by atoms with E-state index < -0.39 is 11.9 Å². The first-order valence-corrected chi connectivity index (χ1v) is 11.6. The van der Waals surface area contributed by atoms with Gasteiger partial charge in [0.1, 0.15) is 16.3 Å². The number of esters is 1. The largest absolute Gasteiger partial charge is 0.462 e. The number of halogens is 1. The number of carbonyl (C=O) groups is 3. The molecule has 0 atom stereocenters. The van der Waals surface area contributed by atoms with Crippen LogP contribution in [0, 0.1) is 12.7 Å². The molecule has 3 aromatic heterocycles. The third kappa shape index (κ3) is 4.57. The zero-order chi connectivity index (χ0) is 23.7. The Hall–Kier alpha value is -3.38. The van der Waals surface area contributed by atoms with E-state index in [2.05, 4.69) is 25.5 Å². The van der Waals surface area contributed by atoms with Crippen LogP contribution in [0.25, 0.3) is 22.1 Å². The summed E-state index contributed by atoms with van der Waals surface area (Å²) < 4.78 is 18.6. The fourth-order valence-corrected chi connectivity index (χ4v) is 4.96. The number of rotatable bonds is 7. The molecule has 4 aromatic rings. The van der Waals surface area contributed by atoms with Gasteiger partial charge in [-0.3, -0.25) is 9.59 Å². The number of ether oxygens (including phenoxy) is 1. The number of Topliss-reactive ketones (excluding diaryl/α,β-unsaturated/α-hetero) is 1. The molecule has 0 aliphatic rings. The highest BCUT2D eigenvalue weighted by Crippen LogP contribution is 2.34. The maximum Gasteiger partial charge on any atom is 0.341 e. The molecule has 4 rings (SSSR count). The standard InChI is InChI=1S/C21H18FN5O4S2/c1-4-31-20(30)15-9(2)17(10(3)28)33-19(15)24-14(29)8-32-21-25-18-16(26-27-21)12-7-11(22)5-6-13(12)23-18/h5-7H,4,8H2,1-3H3,(H,24,29)(H,23,25,27). The van der Waals surface area contributed by atoms with Gasteiger partial charge in [0.05, 0.1) is 22.8 Å². The number of aromatic amines is 1. The first kappa shape index (κ1) is 22.8. The quantitative estimate of drug-likeness (QED) is 0.226. The summed E-state index contributed by atoms with van der Waals surface area (Å²) >= 11 is 2.08.